The molecule has 0 aliphatic carbocycles. The van der Waals surface area contributed by atoms with Crippen LogP contribution < -0.4 is 0 Å². The van der Waals surface area contributed by atoms with Crippen LogP contribution in [-0.2, 0) is 14.6 Å². The summed E-state index contributed by atoms with van der Waals surface area (Å²) in [5.74, 6) is -0.397. The van der Waals surface area contributed by atoms with Crippen LogP contribution in [0.5, 0.6) is 0 Å². The number of nitrogens with zero attached hydrogens (tertiary/aromatic N) is 3. The molecule has 0 spiro atoms. The first kappa shape index (κ1) is 19.1. The van der Waals surface area contributed by atoms with E-state index in [2.05, 4.69) is 4.98 Å². The van der Waals surface area contributed by atoms with E-state index < -0.39 is 26.5 Å². The molecule has 2 rings (SSSR count). The van der Waals surface area contributed by atoms with Gasteiger partial charge in [-0.3, -0.25) is 10.1 Å². The minimum Gasteiger partial charge on any atom is -0.444 e. The van der Waals surface area contributed by atoms with Gasteiger partial charge >= 0.3 is 6.09 Å². The standard InChI is InChI=1S/C15H21N3O6S/c1-15(2,3)24-14(19)17-7-6-11(9-17)10-25(22,23)13-5-4-12(8-16-13)18(20)21/h4-5,8,11H,6-7,9-10H2,1-3H3/t11-/m0/s1. The Labute approximate surface area is 146 Å². The van der Waals surface area contributed by atoms with Gasteiger partial charge in [0.1, 0.15) is 11.8 Å². The number of hydrogen-bond acceptors (Lipinski definition) is 7. The molecular weight excluding hydrogens is 350 g/mol. The van der Waals surface area contributed by atoms with Gasteiger partial charge in [0, 0.05) is 19.2 Å². The molecule has 1 fully saturated rings. The highest BCUT2D eigenvalue weighted by Gasteiger charge is 2.33. The fraction of sp³-hybridized carbons (Fsp3) is 0.600. The summed E-state index contributed by atoms with van der Waals surface area (Å²) in [6.45, 7) is 6.03. The van der Waals surface area contributed by atoms with E-state index in [-0.39, 0.29) is 22.4 Å². The Balaban J connectivity index is 2.00. The predicted octanol–water partition coefficient (Wildman–Crippen LogP) is 2.02. The molecule has 1 atom stereocenters. The van der Waals surface area contributed by atoms with Crippen molar-refractivity contribution in [2.24, 2.45) is 5.92 Å². The van der Waals surface area contributed by atoms with Crippen molar-refractivity contribution < 1.29 is 22.9 Å². The van der Waals surface area contributed by atoms with E-state index in [0.717, 1.165) is 18.3 Å². The van der Waals surface area contributed by atoms with Crippen LogP contribution in [0.25, 0.3) is 0 Å². The lowest BCUT2D eigenvalue weighted by atomic mass is 10.2. The Hall–Kier alpha value is -2.23. The van der Waals surface area contributed by atoms with Crippen molar-refractivity contribution in [3.63, 3.8) is 0 Å². The van der Waals surface area contributed by atoms with E-state index in [1.165, 1.54) is 4.90 Å². The maximum absolute atomic E-state index is 12.4. The first-order valence-electron chi connectivity index (χ1n) is 7.79. The van der Waals surface area contributed by atoms with Gasteiger partial charge in [0.05, 0.1) is 10.7 Å². The number of hydrogen-bond donors (Lipinski definition) is 0. The summed E-state index contributed by atoms with van der Waals surface area (Å²) in [6, 6.07) is 2.25. The number of nitro groups is 1. The van der Waals surface area contributed by atoms with Gasteiger partial charge in [-0.25, -0.2) is 18.2 Å². The Kier molecular flexibility index (Phi) is 5.31. The van der Waals surface area contributed by atoms with Gasteiger partial charge < -0.3 is 9.64 Å². The Morgan fingerprint density at radius 3 is 2.64 bits per heavy atom. The third kappa shape index (κ3) is 5.12. The van der Waals surface area contributed by atoms with Crippen LogP contribution >= 0.6 is 0 Å². The van der Waals surface area contributed by atoms with Gasteiger partial charge in [0.25, 0.3) is 5.69 Å². The fourth-order valence-corrected chi connectivity index (χ4v) is 4.07. The number of aromatic nitrogens is 1. The van der Waals surface area contributed by atoms with E-state index in [1.54, 1.807) is 20.8 Å². The maximum Gasteiger partial charge on any atom is 0.410 e. The van der Waals surface area contributed by atoms with Crippen molar-refractivity contribution in [1.82, 2.24) is 9.88 Å². The molecule has 0 bridgehead atoms. The molecule has 0 N–H and O–H groups in total. The number of carbonyl (C=O) groups is 1. The summed E-state index contributed by atoms with van der Waals surface area (Å²) in [5.41, 5.74) is -0.875. The largest absolute Gasteiger partial charge is 0.444 e. The second-order valence-electron chi connectivity index (χ2n) is 6.97. The van der Waals surface area contributed by atoms with Gasteiger partial charge in [-0.05, 0) is 39.2 Å². The van der Waals surface area contributed by atoms with E-state index in [9.17, 15) is 23.3 Å². The quantitative estimate of drug-likeness (QED) is 0.586. The van der Waals surface area contributed by atoms with Gasteiger partial charge in [-0.1, -0.05) is 0 Å². The lowest BCUT2D eigenvalue weighted by Crippen LogP contribution is -2.35. The van der Waals surface area contributed by atoms with Crippen molar-refractivity contribution in [2.75, 3.05) is 18.8 Å². The maximum atomic E-state index is 12.4. The minimum absolute atomic E-state index is 0.170. The molecule has 138 valence electrons. The molecule has 1 aromatic heterocycles. The Bertz CT molecular complexity index is 754. The number of rotatable bonds is 4. The molecule has 25 heavy (non-hydrogen) atoms. The molecular formula is C15H21N3O6S. The normalized spacial score (nSPS) is 18.2. The van der Waals surface area contributed by atoms with Crippen LogP contribution in [-0.4, -0.2) is 53.8 Å². The monoisotopic (exact) mass is 371 g/mol. The van der Waals surface area contributed by atoms with Crippen LogP contribution in [0.1, 0.15) is 27.2 Å². The highest BCUT2D eigenvalue weighted by molar-refractivity contribution is 7.91. The predicted molar refractivity (Wildman–Crippen MR) is 88.9 cm³/mol. The smallest absolute Gasteiger partial charge is 0.410 e. The number of carbonyl (C=O) groups excluding carboxylic acids is 1. The Morgan fingerprint density at radius 1 is 1.44 bits per heavy atom. The van der Waals surface area contributed by atoms with E-state index in [4.69, 9.17) is 4.74 Å². The van der Waals surface area contributed by atoms with Crippen LogP contribution in [0.3, 0.4) is 0 Å². The average molecular weight is 371 g/mol. The minimum atomic E-state index is -3.68. The summed E-state index contributed by atoms with van der Waals surface area (Å²) in [6.07, 6.45) is 1.01. The molecule has 0 radical (unpaired) electrons. The summed E-state index contributed by atoms with van der Waals surface area (Å²) in [5, 5.41) is 10.4. The van der Waals surface area contributed by atoms with Crippen molar-refractivity contribution in [1.29, 1.82) is 0 Å². The molecule has 10 heteroatoms. The zero-order valence-corrected chi connectivity index (χ0v) is 15.2. The van der Waals surface area contributed by atoms with E-state index in [1.807, 2.05) is 0 Å². The van der Waals surface area contributed by atoms with E-state index >= 15 is 0 Å². The zero-order chi connectivity index (χ0) is 18.8. The summed E-state index contributed by atoms with van der Waals surface area (Å²) in [7, 11) is -3.68. The van der Waals surface area contributed by atoms with Gasteiger partial charge in [0.2, 0.25) is 0 Å². The molecule has 0 unspecified atom stereocenters. The van der Waals surface area contributed by atoms with Crippen LogP contribution in [0, 0.1) is 16.0 Å². The Morgan fingerprint density at radius 2 is 2.12 bits per heavy atom. The molecule has 1 aliphatic rings. The van der Waals surface area contributed by atoms with Crippen molar-refractivity contribution in [3.05, 3.63) is 28.4 Å². The van der Waals surface area contributed by atoms with Crippen LogP contribution in [0.4, 0.5) is 10.5 Å². The molecule has 1 amide bonds. The number of sulfone groups is 1. The number of ether oxygens (including phenoxy) is 1. The van der Waals surface area contributed by atoms with Crippen molar-refractivity contribution in [3.8, 4) is 0 Å². The molecule has 1 aliphatic heterocycles. The summed E-state index contributed by atoms with van der Waals surface area (Å²) >= 11 is 0. The SMILES string of the molecule is CC(C)(C)OC(=O)N1CC[C@H](CS(=O)(=O)c2ccc([N+](=O)[O-])cn2)C1. The zero-order valence-electron chi connectivity index (χ0n) is 14.3. The molecule has 9 nitrogen and oxygen atoms in total. The third-order valence-corrected chi connectivity index (χ3v) is 5.43. The highest BCUT2D eigenvalue weighted by atomic mass is 32.2. The molecule has 2 heterocycles. The topological polar surface area (TPSA) is 120 Å². The van der Waals surface area contributed by atoms with Gasteiger partial charge in [-0.2, -0.15) is 0 Å². The highest BCUT2D eigenvalue weighted by Crippen LogP contribution is 2.23. The number of likely N-dealkylation sites (tertiary alicyclic amines) is 1. The van der Waals surface area contributed by atoms with Crippen molar-refractivity contribution >= 4 is 21.6 Å². The lowest BCUT2D eigenvalue weighted by Gasteiger charge is -2.24. The molecule has 0 aromatic carbocycles. The summed E-state index contributed by atoms with van der Waals surface area (Å²) < 4.78 is 30.1. The average Bonchev–Trinajstić information content (AvgIpc) is 2.93. The summed E-state index contributed by atoms with van der Waals surface area (Å²) in [4.78, 5) is 27.2. The number of amides is 1. The lowest BCUT2D eigenvalue weighted by molar-refractivity contribution is -0.385. The third-order valence-electron chi connectivity index (χ3n) is 3.64. The molecule has 1 saturated heterocycles. The van der Waals surface area contributed by atoms with Gasteiger partial charge in [0.15, 0.2) is 14.9 Å². The van der Waals surface area contributed by atoms with Crippen molar-refractivity contribution in [2.45, 2.75) is 37.8 Å². The molecule has 1 aromatic rings. The second kappa shape index (κ2) is 6.95. The van der Waals surface area contributed by atoms with E-state index in [0.29, 0.717) is 19.5 Å². The first-order chi connectivity index (χ1) is 11.5. The fourth-order valence-electron chi connectivity index (χ4n) is 2.52. The number of pyridine rings is 1. The van der Waals surface area contributed by atoms with Crippen LogP contribution in [0.15, 0.2) is 23.4 Å². The van der Waals surface area contributed by atoms with Crippen LogP contribution in [0.2, 0.25) is 0 Å². The first-order valence-corrected chi connectivity index (χ1v) is 9.44. The molecule has 0 saturated carbocycles. The van der Waals surface area contributed by atoms with Gasteiger partial charge in [-0.15, -0.1) is 0 Å². The second-order valence-corrected chi connectivity index (χ2v) is 8.96.